The molecule has 170 valence electrons. The molecule has 8 nitrogen and oxygen atoms in total. The van der Waals surface area contributed by atoms with Crippen LogP contribution in [-0.2, 0) is 16.1 Å². The van der Waals surface area contributed by atoms with Crippen molar-refractivity contribution in [3.8, 4) is 11.5 Å². The van der Waals surface area contributed by atoms with Gasteiger partial charge in [0.2, 0.25) is 0 Å². The van der Waals surface area contributed by atoms with Gasteiger partial charge in [-0.2, -0.15) is 5.10 Å². The van der Waals surface area contributed by atoms with E-state index < -0.39 is 18.5 Å². The second-order valence-corrected chi connectivity index (χ2v) is 7.24. The van der Waals surface area contributed by atoms with Gasteiger partial charge in [-0.15, -0.1) is 0 Å². The molecule has 0 bridgehead atoms. The SMILES string of the molecule is O=C(COC(=O)c1ccc(=O)n(Cc2ccccc2)n1)Nc1ccccc1Oc1ccccc1. The van der Waals surface area contributed by atoms with Crippen molar-refractivity contribution in [3.05, 3.63) is 119 Å². The second kappa shape index (κ2) is 10.7. The molecule has 4 rings (SSSR count). The van der Waals surface area contributed by atoms with Crippen molar-refractivity contribution in [3.63, 3.8) is 0 Å². The van der Waals surface area contributed by atoms with Crippen LogP contribution in [-0.4, -0.2) is 28.3 Å². The Morgan fingerprint density at radius 1 is 0.824 bits per heavy atom. The first-order valence-corrected chi connectivity index (χ1v) is 10.5. The summed E-state index contributed by atoms with van der Waals surface area (Å²) in [4.78, 5) is 36.9. The summed E-state index contributed by atoms with van der Waals surface area (Å²) in [5, 5.41) is 6.74. The molecule has 1 aromatic heterocycles. The van der Waals surface area contributed by atoms with Gasteiger partial charge >= 0.3 is 5.97 Å². The minimum atomic E-state index is -0.814. The van der Waals surface area contributed by atoms with Crippen LogP contribution >= 0.6 is 0 Å². The van der Waals surface area contributed by atoms with Gasteiger partial charge in [-0.3, -0.25) is 9.59 Å². The first kappa shape index (κ1) is 22.5. The van der Waals surface area contributed by atoms with Crippen molar-refractivity contribution >= 4 is 17.6 Å². The van der Waals surface area contributed by atoms with Gasteiger partial charge in [0.1, 0.15) is 5.75 Å². The van der Waals surface area contributed by atoms with Gasteiger partial charge in [0.25, 0.3) is 11.5 Å². The number of anilines is 1. The molecular formula is C26H21N3O5. The zero-order chi connectivity index (χ0) is 23.8. The summed E-state index contributed by atoms with van der Waals surface area (Å²) < 4.78 is 12.1. The maximum Gasteiger partial charge on any atom is 0.359 e. The van der Waals surface area contributed by atoms with Crippen LogP contribution in [0.4, 0.5) is 5.69 Å². The summed E-state index contributed by atoms with van der Waals surface area (Å²) in [5.74, 6) is -0.295. The molecule has 1 N–H and O–H groups in total. The molecule has 0 aliphatic rings. The van der Waals surface area contributed by atoms with Crippen LogP contribution in [0.2, 0.25) is 0 Å². The molecule has 34 heavy (non-hydrogen) atoms. The smallest absolute Gasteiger partial charge is 0.359 e. The molecule has 4 aromatic rings. The van der Waals surface area contributed by atoms with Crippen LogP contribution in [0.15, 0.2) is 102 Å². The summed E-state index contributed by atoms with van der Waals surface area (Å²) >= 11 is 0. The number of benzene rings is 3. The van der Waals surface area contributed by atoms with E-state index in [1.807, 2.05) is 48.5 Å². The third-order valence-corrected chi connectivity index (χ3v) is 4.72. The Kier molecular flexibility index (Phi) is 7.09. The maximum absolute atomic E-state index is 12.4. The van der Waals surface area contributed by atoms with Crippen LogP contribution in [0.25, 0.3) is 0 Å². The number of nitrogens with one attached hydrogen (secondary N) is 1. The van der Waals surface area contributed by atoms with Crippen LogP contribution in [0.5, 0.6) is 11.5 Å². The summed E-state index contributed by atoms with van der Waals surface area (Å²) in [6.07, 6.45) is 0. The fourth-order valence-corrected chi connectivity index (χ4v) is 3.09. The number of hydrogen-bond acceptors (Lipinski definition) is 6. The molecule has 0 atom stereocenters. The highest BCUT2D eigenvalue weighted by atomic mass is 16.5. The largest absolute Gasteiger partial charge is 0.455 e. The van der Waals surface area contributed by atoms with Gasteiger partial charge in [0, 0.05) is 6.07 Å². The first-order chi connectivity index (χ1) is 16.6. The fourth-order valence-electron chi connectivity index (χ4n) is 3.09. The molecule has 0 spiro atoms. The Balaban J connectivity index is 1.37. The van der Waals surface area contributed by atoms with Crippen molar-refractivity contribution in [2.75, 3.05) is 11.9 Å². The molecule has 1 amide bonds. The summed E-state index contributed by atoms with van der Waals surface area (Å²) in [7, 11) is 0. The molecule has 1 heterocycles. The average Bonchev–Trinajstić information content (AvgIpc) is 2.86. The molecule has 8 heteroatoms. The number of aromatic nitrogens is 2. The molecule has 0 aliphatic heterocycles. The number of nitrogens with zero attached hydrogens (tertiary/aromatic N) is 2. The van der Waals surface area contributed by atoms with Crippen LogP contribution in [0.3, 0.4) is 0 Å². The van der Waals surface area contributed by atoms with E-state index in [4.69, 9.17) is 9.47 Å². The fraction of sp³-hybridized carbons (Fsp3) is 0.0769. The minimum Gasteiger partial charge on any atom is -0.455 e. The zero-order valence-corrected chi connectivity index (χ0v) is 18.1. The monoisotopic (exact) mass is 455 g/mol. The number of ether oxygens (including phenoxy) is 2. The van der Waals surface area contributed by atoms with Crippen LogP contribution in [0, 0.1) is 0 Å². The van der Waals surface area contributed by atoms with Crippen molar-refractivity contribution in [1.82, 2.24) is 9.78 Å². The quantitative estimate of drug-likeness (QED) is 0.405. The molecule has 0 fully saturated rings. The standard InChI is InChI=1S/C26H21N3O5/c30-24(27-21-13-7-8-14-23(21)34-20-11-5-2-6-12-20)18-33-26(32)22-15-16-25(31)29(28-22)17-19-9-3-1-4-10-19/h1-16H,17-18H2,(H,27,30). The van der Waals surface area contributed by atoms with Gasteiger partial charge in [-0.05, 0) is 35.9 Å². The minimum absolute atomic E-state index is 0.0730. The number of amides is 1. The molecule has 3 aromatic carbocycles. The lowest BCUT2D eigenvalue weighted by Gasteiger charge is -2.12. The number of carbonyl (C=O) groups excluding carboxylic acids is 2. The lowest BCUT2D eigenvalue weighted by Crippen LogP contribution is -2.26. The number of rotatable bonds is 8. The molecule has 0 radical (unpaired) electrons. The van der Waals surface area contributed by atoms with E-state index in [9.17, 15) is 14.4 Å². The van der Waals surface area contributed by atoms with Gasteiger partial charge in [-0.25, -0.2) is 9.48 Å². The first-order valence-electron chi connectivity index (χ1n) is 10.5. The van der Waals surface area contributed by atoms with Gasteiger partial charge in [0.15, 0.2) is 18.1 Å². The van der Waals surface area contributed by atoms with Crippen molar-refractivity contribution < 1.29 is 19.1 Å². The summed E-state index contributed by atoms with van der Waals surface area (Å²) in [6, 6.07) is 27.8. The van der Waals surface area contributed by atoms with Gasteiger partial charge < -0.3 is 14.8 Å². The summed E-state index contributed by atoms with van der Waals surface area (Å²) in [6.45, 7) is -0.322. The Labute approximate surface area is 195 Å². The normalized spacial score (nSPS) is 10.4. The van der Waals surface area contributed by atoms with Gasteiger partial charge in [0.05, 0.1) is 12.2 Å². The molecule has 0 saturated heterocycles. The summed E-state index contributed by atoms with van der Waals surface area (Å²) in [5.41, 5.74) is 0.865. The number of esters is 1. The number of carbonyl (C=O) groups is 2. The lowest BCUT2D eigenvalue weighted by molar-refractivity contribution is -0.119. The third kappa shape index (κ3) is 5.95. The van der Waals surface area contributed by atoms with E-state index in [1.54, 1.807) is 36.4 Å². The van der Waals surface area contributed by atoms with E-state index >= 15 is 0 Å². The highest BCUT2D eigenvalue weighted by Crippen LogP contribution is 2.29. The highest BCUT2D eigenvalue weighted by molar-refractivity contribution is 5.95. The zero-order valence-electron chi connectivity index (χ0n) is 18.1. The Hall–Kier alpha value is -4.72. The van der Waals surface area contributed by atoms with Crippen molar-refractivity contribution in [1.29, 1.82) is 0 Å². The molecule has 0 aliphatic carbocycles. The maximum atomic E-state index is 12.4. The predicted molar refractivity (Wildman–Crippen MR) is 126 cm³/mol. The topological polar surface area (TPSA) is 99.5 Å². The van der Waals surface area contributed by atoms with Crippen molar-refractivity contribution in [2.45, 2.75) is 6.54 Å². The molecule has 0 saturated carbocycles. The van der Waals surface area contributed by atoms with E-state index in [2.05, 4.69) is 10.4 Å². The van der Waals surface area contributed by atoms with Gasteiger partial charge in [-0.1, -0.05) is 60.7 Å². The Bertz CT molecular complexity index is 1340. The second-order valence-electron chi connectivity index (χ2n) is 7.24. The van der Waals surface area contributed by atoms with Crippen LogP contribution in [0.1, 0.15) is 16.1 Å². The Morgan fingerprint density at radius 2 is 1.50 bits per heavy atom. The third-order valence-electron chi connectivity index (χ3n) is 4.72. The lowest BCUT2D eigenvalue weighted by atomic mass is 10.2. The number of hydrogen-bond donors (Lipinski definition) is 1. The van der Waals surface area contributed by atoms with Crippen LogP contribution < -0.4 is 15.6 Å². The predicted octanol–water partition coefficient (Wildman–Crippen LogP) is 3.88. The van der Waals surface area contributed by atoms with E-state index in [0.29, 0.717) is 17.2 Å². The highest BCUT2D eigenvalue weighted by Gasteiger charge is 2.15. The van der Waals surface area contributed by atoms with E-state index in [-0.39, 0.29) is 17.8 Å². The average molecular weight is 455 g/mol. The van der Waals surface area contributed by atoms with E-state index in [1.165, 1.54) is 16.8 Å². The Morgan fingerprint density at radius 3 is 2.26 bits per heavy atom. The number of para-hydroxylation sites is 3. The molecular weight excluding hydrogens is 434 g/mol. The van der Waals surface area contributed by atoms with E-state index in [0.717, 1.165) is 5.56 Å². The van der Waals surface area contributed by atoms with Crippen molar-refractivity contribution in [2.24, 2.45) is 0 Å². The molecule has 0 unspecified atom stereocenters.